The van der Waals surface area contributed by atoms with Crippen LogP contribution in [0.25, 0.3) is 0 Å². The molecule has 2 radical (unpaired) electrons. The van der Waals surface area contributed by atoms with Gasteiger partial charge in [0.1, 0.15) is 6.10 Å². The van der Waals surface area contributed by atoms with Crippen molar-refractivity contribution in [3.05, 3.63) is 0 Å². The fourth-order valence-electron chi connectivity index (χ4n) is 1.61. The Balaban J connectivity index is 2.72. The summed E-state index contributed by atoms with van der Waals surface area (Å²) >= 11 is 6.54. The Hall–Kier alpha value is 0.905. The van der Waals surface area contributed by atoms with Gasteiger partial charge in [-0.15, -0.1) is 0 Å². The van der Waals surface area contributed by atoms with Gasteiger partial charge in [0, 0.05) is 5.66 Å². The minimum Gasteiger partial charge on any atom is -0.390 e. The van der Waals surface area contributed by atoms with Crippen molar-refractivity contribution in [2.45, 2.75) is 62.1 Å². The van der Waals surface area contributed by atoms with Crippen molar-refractivity contribution in [1.82, 2.24) is 0 Å². The maximum atomic E-state index is 10.2. The zero-order valence-electron chi connectivity index (χ0n) is 11.7. The highest BCUT2D eigenvalue weighted by molar-refractivity contribution is 8.09. The maximum absolute atomic E-state index is 10.2. The predicted octanol–water partition coefficient (Wildman–Crippen LogP) is 1.48. The SMILES string of the molecule is [B][C@@H]1S[C@H](COC(C)C)[C@@H](OP(O)(=S)C(C)C)[C@H]1O. The molecule has 1 heterocycles. The largest absolute Gasteiger partial charge is 0.390 e. The molecule has 8 heteroatoms. The Bertz CT molecular complexity index is 343. The van der Waals surface area contributed by atoms with Gasteiger partial charge in [0.25, 0.3) is 0 Å². The van der Waals surface area contributed by atoms with Crippen LogP contribution in [-0.2, 0) is 21.1 Å². The summed E-state index contributed by atoms with van der Waals surface area (Å²) in [6, 6.07) is 0. The maximum Gasteiger partial charge on any atom is 0.189 e. The Morgan fingerprint density at radius 2 is 1.95 bits per heavy atom. The van der Waals surface area contributed by atoms with E-state index in [0.717, 1.165) is 0 Å². The summed E-state index contributed by atoms with van der Waals surface area (Å²) in [4.78, 5) is 10.2. The first-order valence-corrected chi connectivity index (χ1v) is 10.0. The zero-order valence-corrected chi connectivity index (χ0v) is 14.3. The molecule has 1 fully saturated rings. The van der Waals surface area contributed by atoms with Gasteiger partial charge in [-0.25, -0.2) is 0 Å². The van der Waals surface area contributed by atoms with Crippen molar-refractivity contribution in [3.63, 3.8) is 0 Å². The van der Waals surface area contributed by atoms with E-state index >= 15 is 0 Å². The number of hydrogen-bond donors (Lipinski definition) is 2. The highest BCUT2D eigenvalue weighted by Gasteiger charge is 2.44. The van der Waals surface area contributed by atoms with Crippen molar-refractivity contribution in [1.29, 1.82) is 0 Å². The third-order valence-corrected chi connectivity index (χ3v) is 7.61. The number of aliphatic hydroxyl groups excluding tert-OH is 1. The lowest BCUT2D eigenvalue weighted by atomic mass is 9.94. The molecule has 0 spiro atoms. The molecule has 0 aromatic heterocycles. The van der Waals surface area contributed by atoms with Crippen molar-refractivity contribution >= 4 is 37.9 Å². The second kappa shape index (κ2) is 7.25. The average molecular weight is 324 g/mol. The molecule has 0 amide bonds. The molecule has 1 rings (SSSR count). The first-order valence-electron chi connectivity index (χ1n) is 6.36. The molecule has 0 aliphatic carbocycles. The molecule has 1 aliphatic rings. The fourth-order valence-corrected chi connectivity index (χ4v) is 4.11. The summed E-state index contributed by atoms with van der Waals surface area (Å²) in [6.07, 6.45) is -1.31. The minimum absolute atomic E-state index is 0.0949. The lowest BCUT2D eigenvalue weighted by molar-refractivity contribution is 0.0185. The zero-order chi connectivity index (χ0) is 14.8. The van der Waals surface area contributed by atoms with Gasteiger partial charge in [0.05, 0.1) is 31.9 Å². The summed E-state index contributed by atoms with van der Waals surface area (Å²) in [6.45, 7) is 5.02. The van der Waals surface area contributed by atoms with Crippen LogP contribution in [0.4, 0.5) is 0 Å². The Morgan fingerprint density at radius 1 is 1.37 bits per heavy atom. The number of rotatable bonds is 6. The molecular weight excluding hydrogens is 302 g/mol. The molecule has 1 saturated heterocycles. The van der Waals surface area contributed by atoms with E-state index in [1.54, 1.807) is 0 Å². The molecule has 4 nitrogen and oxygen atoms in total. The van der Waals surface area contributed by atoms with Gasteiger partial charge in [0.2, 0.25) is 0 Å². The van der Waals surface area contributed by atoms with Crippen LogP contribution in [-0.4, -0.2) is 58.8 Å². The van der Waals surface area contributed by atoms with Gasteiger partial charge >= 0.3 is 0 Å². The highest BCUT2D eigenvalue weighted by Crippen LogP contribution is 2.52. The van der Waals surface area contributed by atoms with Gasteiger partial charge in [-0.2, -0.15) is 11.8 Å². The Morgan fingerprint density at radius 3 is 2.42 bits per heavy atom. The van der Waals surface area contributed by atoms with E-state index in [9.17, 15) is 10.00 Å². The fraction of sp³-hybridized carbons (Fsp3) is 1.00. The molecule has 5 atom stereocenters. The summed E-state index contributed by atoms with van der Waals surface area (Å²) in [5, 5.41) is 9.52. The third kappa shape index (κ3) is 4.99. The van der Waals surface area contributed by atoms with E-state index in [1.165, 1.54) is 11.8 Å². The second-order valence-electron chi connectivity index (χ2n) is 5.24. The Labute approximate surface area is 126 Å². The molecule has 110 valence electrons. The Kier molecular flexibility index (Phi) is 6.86. The summed E-state index contributed by atoms with van der Waals surface area (Å²) < 4.78 is 11.2. The van der Waals surface area contributed by atoms with Crippen LogP contribution >= 0.6 is 18.3 Å². The number of ether oxygens (including phenoxy) is 1. The van der Waals surface area contributed by atoms with Crippen LogP contribution in [0.2, 0.25) is 0 Å². The van der Waals surface area contributed by atoms with Gasteiger partial charge in [-0.3, -0.25) is 0 Å². The summed E-state index contributed by atoms with van der Waals surface area (Å²) in [5.41, 5.74) is -0.150. The third-order valence-electron chi connectivity index (χ3n) is 2.89. The second-order valence-corrected chi connectivity index (χ2v) is 10.6. The first-order chi connectivity index (χ1) is 8.65. The van der Waals surface area contributed by atoms with E-state index in [4.69, 9.17) is 28.9 Å². The standard InChI is InChI=1S/C11H22BO4PS2/c1-6(2)15-5-8-10(9(13)11(12)19-8)16-17(14,18)7(3)4/h6-11,13H,5H2,1-4H3,(H,14,18)/t8-,9-,10-,11-,17?/m1/s1. The van der Waals surface area contributed by atoms with E-state index in [1.807, 2.05) is 27.7 Å². The molecule has 0 bridgehead atoms. The molecule has 2 N–H and O–H groups in total. The van der Waals surface area contributed by atoms with Gasteiger partial charge in [-0.1, -0.05) is 13.8 Å². The smallest absolute Gasteiger partial charge is 0.189 e. The molecule has 19 heavy (non-hydrogen) atoms. The van der Waals surface area contributed by atoms with Crippen LogP contribution in [0, 0.1) is 0 Å². The minimum atomic E-state index is -2.91. The van der Waals surface area contributed by atoms with E-state index in [2.05, 4.69) is 0 Å². The van der Waals surface area contributed by atoms with Crippen molar-refractivity contribution in [2.75, 3.05) is 6.61 Å². The average Bonchev–Trinajstić information content (AvgIpc) is 2.53. The van der Waals surface area contributed by atoms with Crippen LogP contribution in [0.1, 0.15) is 27.7 Å². The lowest BCUT2D eigenvalue weighted by Gasteiger charge is -2.29. The first kappa shape index (κ1) is 18.0. The summed E-state index contributed by atoms with van der Waals surface area (Å²) in [5.74, 6) is 0. The molecular formula is C11H22BO4PS2. The molecule has 0 saturated carbocycles. The van der Waals surface area contributed by atoms with Gasteiger partial charge < -0.3 is 19.3 Å². The van der Waals surface area contributed by atoms with Crippen LogP contribution in [0.5, 0.6) is 0 Å². The van der Waals surface area contributed by atoms with E-state index < -0.39 is 23.8 Å². The van der Waals surface area contributed by atoms with Gasteiger partial charge in [0.15, 0.2) is 6.49 Å². The van der Waals surface area contributed by atoms with Crippen LogP contribution in [0.15, 0.2) is 0 Å². The van der Waals surface area contributed by atoms with Gasteiger partial charge in [-0.05, 0) is 30.8 Å². The van der Waals surface area contributed by atoms with Crippen LogP contribution < -0.4 is 0 Å². The summed E-state index contributed by atoms with van der Waals surface area (Å²) in [7, 11) is 5.83. The van der Waals surface area contributed by atoms with E-state index in [-0.39, 0.29) is 17.0 Å². The van der Waals surface area contributed by atoms with Crippen molar-refractivity contribution < 1.29 is 19.3 Å². The topological polar surface area (TPSA) is 58.9 Å². The predicted molar refractivity (Wildman–Crippen MR) is 84.5 cm³/mol. The number of hydrogen-bond acceptors (Lipinski definition) is 5. The molecule has 0 aromatic rings. The molecule has 1 unspecified atom stereocenters. The quantitative estimate of drug-likeness (QED) is 0.570. The highest BCUT2D eigenvalue weighted by atomic mass is 32.5. The lowest BCUT2D eigenvalue weighted by Crippen LogP contribution is -2.37. The number of aliphatic hydroxyl groups is 1. The van der Waals surface area contributed by atoms with E-state index in [0.29, 0.717) is 6.61 Å². The normalized spacial score (nSPS) is 34.9. The van der Waals surface area contributed by atoms with Crippen LogP contribution in [0.3, 0.4) is 0 Å². The van der Waals surface area contributed by atoms with Crippen molar-refractivity contribution in [2.24, 2.45) is 0 Å². The molecule has 0 aromatic carbocycles. The number of thioether (sulfide) groups is 1. The monoisotopic (exact) mass is 324 g/mol. The van der Waals surface area contributed by atoms with Crippen molar-refractivity contribution in [3.8, 4) is 0 Å². The molecule has 1 aliphatic heterocycles.